The summed E-state index contributed by atoms with van der Waals surface area (Å²) >= 11 is 1.38. The second-order valence-electron chi connectivity index (χ2n) is 14.5. The van der Waals surface area contributed by atoms with Crippen LogP contribution in [0, 0.1) is 32.0 Å². The van der Waals surface area contributed by atoms with Gasteiger partial charge in [0.25, 0.3) is 11.8 Å². The molecule has 2 fully saturated rings. The lowest BCUT2D eigenvalue weighted by atomic mass is 9.73. The molecular formula is C41H41FN6O4S. The van der Waals surface area contributed by atoms with Crippen LogP contribution >= 0.6 is 11.3 Å². The molecule has 10 nitrogen and oxygen atoms in total. The molecule has 53 heavy (non-hydrogen) atoms. The summed E-state index contributed by atoms with van der Waals surface area (Å²) < 4.78 is 20.1. The molecule has 0 aliphatic carbocycles. The van der Waals surface area contributed by atoms with Crippen LogP contribution in [0.15, 0.2) is 73.1 Å². The van der Waals surface area contributed by atoms with Crippen LogP contribution in [0.5, 0.6) is 0 Å². The number of rotatable bonds is 7. The molecule has 1 spiro atoms. The van der Waals surface area contributed by atoms with Crippen LogP contribution in [0.2, 0.25) is 0 Å². The third-order valence-corrected chi connectivity index (χ3v) is 11.7. The van der Waals surface area contributed by atoms with Crippen molar-refractivity contribution in [2.45, 2.75) is 46.3 Å². The molecule has 2 saturated heterocycles. The Balaban J connectivity index is 0.989. The Bertz CT molecular complexity index is 2190. The fourth-order valence-electron chi connectivity index (χ4n) is 7.56. The Hall–Kier alpha value is -5.17. The van der Waals surface area contributed by atoms with Crippen LogP contribution in [0.1, 0.15) is 66.9 Å². The fourth-order valence-corrected chi connectivity index (χ4v) is 8.71. The zero-order chi connectivity index (χ0) is 36.9. The number of benzene rings is 2. The number of hydrogen-bond donors (Lipinski definition) is 3. The Kier molecular flexibility index (Phi) is 9.21. The number of nitrogens with zero attached hydrogens (tertiary/aromatic N) is 4. The van der Waals surface area contributed by atoms with Crippen molar-refractivity contribution >= 4 is 46.0 Å². The highest BCUT2D eigenvalue weighted by Gasteiger charge is 2.45. The first-order valence-electron chi connectivity index (χ1n) is 17.9. The van der Waals surface area contributed by atoms with Gasteiger partial charge in [0, 0.05) is 61.9 Å². The molecule has 0 bridgehead atoms. The summed E-state index contributed by atoms with van der Waals surface area (Å²) in [5.74, 6) is -0.181. The summed E-state index contributed by atoms with van der Waals surface area (Å²) in [4.78, 5) is 42.6. The SMILES string of the molecule is Cc1cnc(N2CC3(CCOCC3)C2)c(C(=O)Nc2ccc(C(=O)N3CCc4cc(C(O)Nc5c(C)cccc5F)sc4-c4ncc(C)cc43)cc2)c1. The van der Waals surface area contributed by atoms with Gasteiger partial charge in [0.15, 0.2) is 6.23 Å². The molecule has 3 N–H and O–H groups in total. The van der Waals surface area contributed by atoms with Crippen molar-refractivity contribution in [3.8, 4) is 10.6 Å². The molecular weight excluding hydrogens is 692 g/mol. The van der Waals surface area contributed by atoms with Crippen LogP contribution in [0.25, 0.3) is 10.6 Å². The lowest BCUT2D eigenvalue weighted by Gasteiger charge is -2.53. The van der Waals surface area contributed by atoms with Crippen molar-refractivity contribution in [1.29, 1.82) is 0 Å². The molecule has 6 heterocycles. The number of thiophene rings is 1. The van der Waals surface area contributed by atoms with E-state index < -0.39 is 12.0 Å². The van der Waals surface area contributed by atoms with Crippen molar-refractivity contribution in [3.05, 3.63) is 117 Å². The Morgan fingerprint density at radius 1 is 0.981 bits per heavy atom. The highest BCUT2D eigenvalue weighted by atomic mass is 32.1. The van der Waals surface area contributed by atoms with Crippen molar-refractivity contribution in [3.63, 3.8) is 0 Å². The summed E-state index contributed by atoms with van der Waals surface area (Å²) in [6.45, 7) is 9.32. The van der Waals surface area contributed by atoms with Crippen molar-refractivity contribution in [1.82, 2.24) is 9.97 Å². The first-order chi connectivity index (χ1) is 25.6. The maximum atomic E-state index is 14.5. The lowest BCUT2D eigenvalue weighted by molar-refractivity contribution is -0.000510. The predicted molar refractivity (Wildman–Crippen MR) is 205 cm³/mol. The number of ether oxygens (including phenoxy) is 1. The number of para-hydroxylation sites is 1. The summed E-state index contributed by atoms with van der Waals surface area (Å²) in [6, 6.07) is 17.5. The molecule has 3 aromatic heterocycles. The fraction of sp³-hybridized carbons (Fsp3) is 0.317. The molecule has 2 amide bonds. The number of anilines is 4. The zero-order valence-electron chi connectivity index (χ0n) is 29.9. The molecule has 5 aromatic rings. The number of halogens is 1. The number of aliphatic hydroxyl groups is 1. The van der Waals surface area contributed by atoms with Crippen molar-refractivity contribution < 1.29 is 23.8 Å². The van der Waals surface area contributed by atoms with Gasteiger partial charge in [0.2, 0.25) is 0 Å². The first kappa shape index (κ1) is 34.9. The highest BCUT2D eigenvalue weighted by molar-refractivity contribution is 7.15. The molecule has 2 aromatic carbocycles. The van der Waals surface area contributed by atoms with E-state index >= 15 is 0 Å². The largest absolute Gasteiger partial charge is 0.381 e. The number of aromatic nitrogens is 2. The van der Waals surface area contributed by atoms with E-state index in [-0.39, 0.29) is 22.9 Å². The minimum Gasteiger partial charge on any atom is -0.381 e. The number of hydrogen-bond acceptors (Lipinski definition) is 9. The van der Waals surface area contributed by atoms with E-state index in [1.165, 1.54) is 17.4 Å². The molecule has 3 aliphatic heterocycles. The van der Waals surface area contributed by atoms with Gasteiger partial charge in [-0.3, -0.25) is 14.6 Å². The normalized spacial score (nSPS) is 16.6. The smallest absolute Gasteiger partial charge is 0.259 e. The van der Waals surface area contributed by atoms with Gasteiger partial charge in [-0.05, 0) is 111 Å². The predicted octanol–water partition coefficient (Wildman–Crippen LogP) is 7.44. The summed E-state index contributed by atoms with van der Waals surface area (Å²) in [5.41, 5.74) is 6.85. The number of carbonyl (C=O) groups excluding carboxylic acids is 2. The number of pyridine rings is 2. The minimum atomic E-state index is -1.12. The Labute approximate surface area is 311 Å². The van der Waals surface area contributed by atoms with Crippen LogP contribution < -0.4 is 20.4 Å². The number of aryl methyl sites for hydroxylation is 3. The second-order valence-corrected chi connectivity index (χ2v) is 15.5. The van der Waals surface area contributed by atoms with Gasteiger partial charge in [-0.2, -0.15) is 0 Å². The van der Waals surface area contributed by atoms with Crippen LogP contribution in [-0.2, 0) is 11.2 Å². The third-order valence-electron chi connectivity index (χ3n) is 10.5. The lowest BCUT2D eigenvalue weighted by Crippen LogP contribution is -2.59. The van der Waals surface area contributed by atoms with Gasteiger partial charge in [-0.25, -0.2) is 9.37 Å². The number of nitrogens with one attached hydrogen (secondary N) is 2. The standard InChI is InChI=1S/C41H41FN6O4S/c1-24-17-30(37(44-21-24)47-22-41(23-47)12-15-52-16-13-41)38(49)45-29-9-7-27(8-10-29)40(51)48-14-11-28-19-33(39(50)46-34-26(3)5-4-6-31(34)42)53-36(28)35-32(48)18-25(2)20-43-35/h4-10,17-21,39,46,50H,11-16,22-23H2,1-3H3,(H,45,49). The topological polar surface area (TPSA) is 120 Å². The van der Waals surface area contributed by atoms with E-state index in [1.54, 1.807) is 60.6 Å². The number of carbonyl (C=O) groups is 2. The molecule has 12 heteroatoms. The van der Waals surface area contributed by atoms with Gasteiger partial charge in [0.1, 0.15) is 17.3 Å². The molecule has 1 atom stereocenters. The van der Waals surface area contributed by atoms with Gasteiger partial charge in [-0.15, -0.1) is 11.3 Å². The third kappa shape index (κ3) is 6.78. The molecule has 0 radical (unpaired) electrons. The monoisotopic (exact) mass is 732 g/mol. The number of aliphatic hydroxyl groups excluding tert-OH is 1. The first-order valence-corrected chi connectivity index (χ1v) is 18.7. The summed E-state index contributed by atoms with van der Waals surface area (Å²) in [7, 11) is 0. The Morgan fingerprint density at radius 3 is 2.47 bits per heavy atom. The van der Waals surface area contributed by atoms with Gasteiger partial charge in [0.05, 0.1) is 26.7 Å². The van der Waals surface area contributed by atoms with Crippen LogP contribution in [-0.4, -0.2) is 59.7 Å². The maximum Gasteiger partial charge on any atom is 0.259 e. The molecule has 8 rings (SSSR count). The van der Waals surface area contributed by atoms with Gasteiger partial charge < -0.3 is 30.3 Å². The number of fused-ring (bicyclic) bond motifs is 3. The average Bonchev–Trinajstić information content (AvgIpc) is 3.51. The van der Waals surface area contributed by atoms with Gasteiger partial charge >= 0.3 is 0 Å². The highest BCUT2D eigenvalue weighted by Crippen LogP contribution is 2.44. The maximum absolute atomic E-state index is 14.5. The van der Waals surface area contributed by atoms with E-state index in [0.29, 0.717) is 57.4 Å². The molecule has 272 valence electrons. The van der Waals surface area contributed by atoms with E-state index in [1.807, 2.05) is 32.0 Å². The minimum absolute atomic E-state index is 0.186. The van der Waals surface area contributed by atoms with E-state index in [0.717, 1.165) is 60.7 Å². The van der Waals surface area contributed by atoms with Crippen LogP contribution in [0.4, 0.5) is 27.3 Å². The van der Waals surface area contributed by atoms with E-state index in [2.05, 4.69) is 20.5 Å². The molecule has 0 saturated carbocycles. The zero-order valence-corrected chi connectivity index (χ0v) is 30.7. The quantitative estimate of drug-likeness (QED) is 0.148. The summed E-state index contributed by atoms with van der Waals surface area (Å²) in [5, 5.41) is 17.0. The van der Waals surface area contributed by atoms with E-state index in [4.69, 9.17) is 9.72 Å². The van der Waals surface area contributed by atoms with Crippen molar-refractivity contribution in [2.24, 2.45) is 5.41 Å². The number of amides is 2. The molecule has 1 unspecified atom stereocenters. The second kappa shape index (κ2) is 14.0. The average molecular weight is 733 g/mol. The molecule has 3 aliphatic rings. The van der Waals surface area contributed by atoms with Gasteiger partial charge in [-0.1, -0.05) is 12.1 Å². The Morgan fingerprint density at radius 2 is 1.72 bits per heavy atom. The van der Waals surface area contributed by atoms with Crippen LogP contribution in [0.3, 0.4) is 0 Å². The summed E-state index contributed by atoms with van der Waals surface area (Å²) in [6.07, 6.45) is 5.03. The van der Waals surface area contributed by atoms with E-state index in [9.17, 15) is 19.1 Å². The van der Waals surface area contributed by atoms with Crippen molar-refractivity contribution in [2.75, 3.05) is 53.3 Å².